The van der Waals surface area contributed by atoms with Crippen molar-refractivity contribution in [3.05, 3.63) is 35.0 Å². The van der Waals surface area contributed by atoms with E-state index in [2.05, 4.69) is 51.2 Å². The number of aromatic nitrogens is 1. The van der Waals surface area contributed by atoms with Crippen molar-refractivity contribution in [1.29, 1.82) is 0 Å². The van der Waals surface area contributed by atoms with Gasteiger partial charge in [0, 0.05) is 28.7 Å². The van der Waals surface area contributed by atoms with E-state index in [0.717, 1.165) is 6.54 Å². The quantitative estimate of drug-likeness (QED) is 0.852. The largest absolute Gasteiger partial charge is 0.385 e. The van der Waals surface area contributed by atoms with Gasteiger partial charge < -0.3 is 5.32 Å². The van der Waals surface area contributed by atoms with Crippen LogP contribution in [0.2, 0.25) is 0 Å². The number of nitrogens with one attached hydrogen (secondary N) is 1. The van der Waals surface area contributed by atoms with E-state index in [-0.39, 0.29) is 5.41 Å². The second-order valence-electron chi connectivity index (χ2n) is 7.14. The molecule has 1 heterocycles. The monoisotopic (exact) mass is 282 g/mol. The van der Waals surface area contributed by atoms with Gasteiger partial charge in [-0.3, -0.25) is 4.98 Å². The maximum absolute atomic E-state index is 5.06. The van der Waals surface area contributed by atoms with Crippen LogP contribution in [-0.2, 0) is 18.3 Å². The summed E-state index contributed by atoms with van der Waals surface area (Å²) in [6.07, 6.45) is 5.00. The van der Waals surface area contributed by atoms with Gasteiger partial charge >= 0.3 is 0 Å². The van der Waals surface area contributed by atoms with Crippen molar-refractivity contribution in [2.75, 3.05) is 11.9 Å². The van der Waals surface area contributed by atoms with Crippen LogP contribution in [0, 0.1) is 0 Å². The lowest BCUT2D eigenvalue weighted by atomic mass is 9.87. The van der Waals surface area contributed by atoms with Gasteiger partial charge in [-0.15, -0.1) is 0 Å². The van der Waals surface area contributed by atoms with Crippen LogP contribution in [0.5, 0.6) is 0 Å². The van der Waals surface area contributed by atoms with Gasteiger partial charge in [0.25, 0.3) is 0 Å². The highest BCUT2D eigenvalue weighted by Gasteiger charge is 2.21. The van der Waals surface area contributed by atoms with Crippen LogP contribution >= 0.6 is 0 Å². The number of pyridine rings is 1. The van der Waals surface area contributed by atoms with Gasteiger partial charge in [0.05, 0.1) is 5.52 Å². The van der Waals surface area contributed by atoms with Gasteiger partial charge in [-0.25, -0.2) is 0 Å². The number of hydrogen-bond donors (Lipinski definition) is 1. The number of fused-ring (bicyclic) bond motifs is 3. The van der Waals surface area contributed by atoms with E-state index in [9.17, 15) is 0 Å². The third-order valence-electron chi connectivity index (χ3n) is 4.44. The summed E-state index contributed by atoms with van der Waals surface area (Å²) in [4.78, 5) is 5.06. The average molecular weight is 282 g/mol. The zero-order valence-electron chi connectivity index (χ0n) is 13.7. The van der Waals surface area contributed by atoms with E-state index in [0.29, 0.717) is 0 Å². The number of aryl methyl sites for hydroxylation is 2. The Kier molecular flexibility index (Phi) is 3.64. The summed E-state index contributed by atoms with van der Waals surface area (Å²) in [5.74, 6) is 0. The molecule has 0 saturated heterocycles. The Morgan fingerprint density at radius 1 is 1.14 bits per heavy atom. The van der Waals surface area contributed by atoms with Crippen molar-refractivity contribution in [2.24, 2.45) is 0 Å². The van der Waals surface area contributed by atoms with Gasteiger partial charge in [-0.1, -0.05) is 32.9 Å². The molecule has 0 unspecified atom stereocenters. The summed E-state index contributed by atoms with van der Waals surface area (Å²) in [5.41, 5.74) is 6.73. The normalized spacial score (nSPS) is 15.0. The highest BCUT2D eigenvalue weighted by molar-refractivity contribution is 5.94. The summed E-state index contributed by atoms with van der Waals surface area (Å²) >= 11 is 0. The zero-order valence-corrected chi connectivity index (χ0v) is 13.7. The number of benzene rings is 1. The first-order chi connectivity index (χ1) is 10.0. The minimum Gasteiger partial charge on any atom is -0.385 e. The van der Waals surface area contributed by atoms with E-state index in [4.69, 9.17) is 4.98 Å². The van der Waals surface area contributed by atoms with E-state index in [1.165, 1.54) is 59.1 Å². The van der Waals surface area contributed by atoms with Crippen LogP contribution in [0.15, 0.2) is 18.2 Å². The molecule has 2 aromatic rings. The third-order valence-corrected chi connectivity index (χ3v) is 4.44. The van der Waals surface area contributed by atoms with Crippen LogP contribution in [0.3, 0.4) is 0 Å². The highest BCUT2D eigenvalue weighted by Crippen LogP contribution is 2.34. The van der Waals surface area contributed by atoms with Gasteiger partial charge in [0.15, 0.2) is 0 Å². The molecule has 1 aliphatic rings. The van der Waals surface area contributed by atoms with Crippen LogP contribution < -0.4 is 5.32 Å². The molecular weight excluding hydrogens is 256 g/mol. The molecule has 1 aliphatic carbocycles. The van der Waals surface area contributed by atoms with Crippen molar-refractivity contribution >= 4 is 16.6 Å². The molecule has 0 spiro atoms. The zero-order chi connectivity index (χ0) is 15.0. The first kappa shape index (κ1) is 14.4. The van der Waals surface area contributed by atoms with Crippen LogP contribution in [0.1, 0.15) is 57.4 Å². The third kappa shape index (κ3) is 2.64. The molecule has 0 radical (unpaired) electrons. The van der Waals surface area contributed by atoms with Gasteiger partial charge in [0.1, 0.15) is 0 Å². The number of nitrogens with zero attached hydrogens (tertiary/aromatic N) is 1. The smallest absolute Gasteiger partial charge is 0.0761 e. The van der Waals surface area contributed by atoms with Crippen LogP contribution in [0.4, 0.5) is 5.69 Å². The molecule has 1 aromatic heterocycles. The second kappa shape index (κ2) is 5.32. The fraction of sp³-hybridized carbons (Fsp3) is 0.526. The first-order valence-corrected chi connectivity index (χ1v) is 8.20. The standard InChI is InChI=1S/C19H26N2/c1-5-20-16-12-17(19(2,3)4)21-18-14-9-7-6-8-13(14)10-11-15(16)18/h10-12H,5-9H2,1-4H3,(H,20,21). The molecule has 0 amide bonds. The summed E-state index contributed by atoms with van der Waals surface area (Å²) in [5, 5.41) is 4.81. The molecule has 2 heteroatoms. The lowest BCUT2D eigenvalue weighted by Crippen LogP contribution is -2.15. The Morgan fingerprint density at radius 2 is 1.90 bits per heavy atom. The Balaban J connectivity index is 2.29. The minimum absolute atomic E-state index is 0.0791. The predicted molar refractivity (Wildman–Crippen MR) is 91.2 cm³/mol. The molecule has 0 bridgehead atoms. The van der Waals surface area contributed by atoms with E-state index >= 15 is 0 Å². The SMILES string of the molecule is CCNc1cc(C(C)(C)C)nc2c3c(ccc12)CCCC3. The average Bonchev–Trinajstić information content (AvgIpc) is 2.46. The highest BCUT2D eigenvalue weighted by atomic mass is 14.9. The predicted octanol–water partition coefficient (Wildman–Crippen LogP) is 4.84. The molecule has 2 nitrogen and oxygen atoms in total. The molecule has 0 fully saturated rings. The Morgan fingerprint density at radius 3 is 2.62 bits per heavy atom. The number of anilines is 1. The van der Waals surface area contributed by atoms with Gasteiger partial charge in [-0.2, -0.15) is 0 Å². The Bertz CT molecular complexity index is 665. The second-order valence-corrected chi connectivity index (χ2v) is 7.14. The van der Waals surface area contributed by atoms with Gasteiger partial charge in [-0.05, 0) is 49.8 Å². The first-order valence-electron chi connectivity index (χ1n) is 8.20. The van der Waals surface area contributed by atoms with Crippen LogP contribution in [0.25, 0.3) is 10.9 Å². The summed E-state index contributed by atoms with van der Waals surface area (Å²) in [7, 11) is 0. The molecular formula is C19H26N2. The molecule has 112 valence electrons. The van der Waals surface area contributed by atoms with Crippen molar-refractivity contribution in [3.63, 3.8) is 0 Å². The number of hydrogen-bond acceptors (Lipinski definition) is 2. The minimum atomic E-state index is 0.0791. The molecule has 0 aliphatic heterocycles. The Hall–Kier alpha value is -1.57. The molecule has 1 aromatic carbocycles. The molecule has 21 heavy (non-hydrogen) atoms. The molecule has 1 N–H and O–H groups in total. The maximum Gasteiger partial charge on any atom is 0.0761 e. The maximum atomic E-state index is 5.06. The topological polar surface area (TPSA) is 24.9 Å². The van der Waals surface area contributed by atoms with E-state index < -0.39 is 0 Å². The van der Waals surface area contributed by atoms with E-state index in [1.54, 1.807) is 0 Å². The lowest BCUT2D eigenvalue weighted by molar-refractivity contribution is 0.571. The summed E-state index contributed by atoms with van der Waals surface area (Å²) < 4.78 is 0. The van der Waals surface area contributed by atoms with Crippen molar-refractivity contribution in [1.82, 2.24) is 4.98 Å². The molecule has 3 rings (SSSR count). The Labute approximate surface area is 128 Å². The number of rotatable bonds is 2. The van der Waals surface area contributed by atoms with Crippen molar-refractivity contribution in [3.8, 4) is 0 Å². The molecule has 0 atom stereocenters. The van der Waals surface area contributed by atoms with Gasteiger partial charge in [0.2, 0.25) is 0 Å². The summed E-state index contributed by atoms with van der Waals surface area (Å²) in [6, 6.07) is 6.81. The fourth-order valence-corrected chi connectivity index (χ4v) is 3.24. The van der Waals surface area contributed by atoms with Crippen molar-refractivity contribution in [2.45, 2.75) is 58.8 Å². The van der Waals surface area contributed by atoms with E-state index in [1.807, 2.05) is 0 Å². The lowest BCUT2D eigenvalue weighted by Gasteiger charge is -2.23. The summed E-state index contributed by atoms with van der Waals surface area (Å²) in [6.45, 7) is 9.83. The molecule has 0 saturated carbocycles. The fourth-order valence-electron chi connectivity index (χ4n) is 3.24. The van der Waals surface area contributed by atoms with Crippen molar-refractivity contribution < 1.29 is 0 Å². The van der Waals surface area contributed by atoms with Crippen LogP contribution in [-0.4, -0.2) is 11.5 Å².